The van der Waals surface area contributed by atoms with E-state index in [1.807, 2.05) is 13.8 Å². The fourth-order valence-electron chi connectivity index (χ4n) is 2.79. The minimum absolute atomic E-state index is 0.154. The molecule has 0 unspecified atom stereocenters. The average Bonchev–Trinajstić information content (AvgIpc) is 2.35. The molecule has 1 amide bonds. The molecule has 0 spiro atoms. The van der Waals surface area contributed by atoms with Gasteiger partial charge in [0.05, 0.1) is 6.54 Å². The van der Waals surface area contributed by atoms with E-state index in [0.29, 0.717) is 6.54 Å². The van der Waals surface area contributed by atoms with Gasteiger partial charge in [-0.2, -0.15) is 0 Å². The van der Waals surface area contributed by atoms with Crippen LogP contribution in [0.25, 0.3) is 0 Å². The highest BCUT2D eigenvalue weighted by Gasteiger charge is 2.24. The van der Waals surface area contributed by atoms with E-state index in [2.05, 4.69) is 17.1 Å². The number of piperidine rings is 1. The maximum Gasteiger partial charge on any atom is 0.234 e. The maximum atomic E-state index is 11.7. The number of hydrogen-bond acceptors (Lipinski definition) is 3. The summed E-state index contributed by atoms with van der Waals surface area (Å²) in [6, 6.07) is 0.235. The molecule has 4 nitrogen and oxygen atoms in total. The Bertz CT molecular complexity index is 261. The van der Waals surface area contributed by atoms with Gasteiger partial charge in [0.15, 0.2) is 0 Å². The van der Waals surface area contributed by atoms with Crippen molar-refractivity contribution in [3.63, 3.8) is 0 Å². The fraction of sp³-hybridized carbons (Fsp3) is 0.933. The number of carbonyl (C=O) groups excluding carboxylic acids is 1. The van der Waals surface area contributed by atoms with Crippen LogP contribution in [0.4, 0.5) is 0 Å². The van der Waals surface area contributed by atoms with Crippen molar-refractivity contribution >= 4 is 5.91 Å². The average molecular weight is 270 g/mol. The highest BCUT2D eigenvalue weighted by atomic mass is 16.5. The van der Waals surface area contributed by atoms with Gasteiger partial charge in [-0.3, -0.25) is 9.69 Å². The van der Waals surface area contributed by atoms with Crippen LogP contribution in [0.15, 0.2) is 0 Å². The highest BCUT2D eigenvalue weighted by molar-refractivity contribution is 5.78. The Hall–Kier alpha value is -0.610. The van der Waals surface area contributed by atoms with Gasteiger partial charge in [-0.1, -0.05) is 6.92 Å². The SMILES string of the molecule is COCC[C@H](C)C1CCN(CC(=O)NC(C)C)CC1. The van der Waals surface area contributed by atoms with Gasteiger partial charge in [0, 0.05) is 19.8 Å². The van der Waals surface area contributed by atoms with E-state index in [9.17, 15) is 4.79 Å². The molecule has 1 aliphatic heterocycles. The molecule has 1 saturated heterocycles. The Balaban J connectivity index is 2.23. The Morgan fingerprint density at radius 1 is 1.32 bits per heavy atom. The van der Waals surface area contributed by atoms with Gasteiger partial charge in [0.25, 0.3) is 0 Å². The van der Waals surface area contributed by atoms with Crippen LogP contribution in [-0.4, -0.2) is 50.2 Å². The number of hydrogen-bond donors (Lipinski definition) is 1. The number of ether oxygens (including phenoxy) is 1. The topological polar surface area (TPSA) is 41.6 Å². The smallest absolute Gasteiger partial charge is 0.234 e. The minimum atomic E-state index is 0.154. The van der Waals surface area contributed by atoms with Crippen LogP contribution >= 0.6 is 0 Å². The van der Waals surface area contributed by atoms with E-state index in [1.165, 1.54) is 12.8 Å². The van der Waals surface area contributed by atoms with Crippen LogP contribution < -0.4 is 5.32 Å². The van der Waals surface area contributed by atoms with Gasteiger partial charge in [-0.05, 0) is 58.0 Å². The summed E-state index contributed by atoms with van der Waals surface area (Å²) in [5, 5.41) is 2.95. The van der Waals surface area contributed by atoms with E-state index in [1.54, 1.807) is 7.11 Å². The van der Waals surface area contributed by atoms with Gasteiger partial charge in [-0.25, -0.2) is 0 Å². The predicted octanol–water partition coefficient (Wildman–Crippen LogP) is 1.90. The quantitative estimate of drug-likeness (QED) is 0.768. The van der Waals surface area contributed by atoms with E-state index in [0.717, 1.165) is 38.0 Å². The molecule has 19 heavy (non-hydrogen) atoms. The van der Waals surface area contributed by atoms with Crippen molar-refractivity contribution in [1.82, 2.24) is 10.2 Å². The summed E-state index contributed by atoms with van der Waals surface area (Å²) < 4.78 is 5.15. The summed E-state index contributed by atoms with van der Waals surface area (Å²) >= 11 is 0. The van der Waals surface area contributed by atoms with Gasteiger partial charge >= 0.3 is 0 Å². The molecule has 1 rings (SSSR count). The van der Waals surface area contributed by atoms with Crippen molar-refractivity contribution in [2.75, 3.05) is 33.4 Å². The number of carbonyl (C=O) groups is 1. The van der Waals surface area contributed by atoms with Crippen molar-refractivity contribution in [3.8, 4) is 0 Å². The molecule has 0 saturated carbocycles. The molecule has 0 aromatic carbocycles. The third-order valence-corrected chi connectivity index (χ3v) is 4.03. The Labute approximate surface area is 117 Å². The molecule has 1 N–H and O–H groups in total. The molecule has 0 bridgehead atoms. The summed E-state index contributed by atoms with van der Waals surface area (Å²) in [6.45, 7) is 9.84. The lowest BCUT2D eigenvalue weighted by Crippen LogP contribution is -2.43. The normalized spacial score (nSPS) is 19.6. The second-order valence-electron chi connectivity index (χ2n) is 6.09. The van der Waals surface area contributed by atoms with Crippen molar-refractivity contribution in [3.05, 3.63) is 0 Å². The molecule has 0 aliphatic carbocycles. The number of methoxy groups -OCH3 is 1. The van der Waals surface area contributed by atoms with Crippen molar-refractivity contribution in [2.45, 2.75) is 46.1 Å². The molecular weight excluding hydrogens is 240 g/mol. The lowest BCUT2D eigenvalue weighted by molar-refractivity contribution is -0.123. The first-order valence-corrected chi connectivity index (χ1v) is 7.53. The molecule has 0 aromatic rings. The summed E-state index contributed by atoms with van der Waals surface area (Å²) in [4.78, 5) is 14.0. The van der Waals surface area contributed by atoms with E-state index in [-0.39, 0.29) is 11.9 Å². The first-order valence-electron chi connectivity index (χ1n) is 7.53. The second kappa shape index (κ2) is 8.54. The van der Waals surface area contributed by atoms with Crippen LogP contribution in [0.3, 0.4) is 0 Å². The number of nitrogens with one attached hydrogen (secondary N) is 1. The van der Waals surface area contributed by atoms with E-state index in [4.69, 9.17) is 4.74 Å². The minimum Gasteiger partial charge on any atom is -0.385 e. The monoisotopic (exact) mass is 270 g/mol. The Morgan fingerprint density at radius 3 is 2.47 bits per heavy atom. The van der Waals surface area contributed by atoms with Crippen LogP contribution in [0.1, 0.15) is 40.0 Å². The molecule has 0 aromatic heterocycles. The summed E-state index contributed by atoms with van der Waals surface area (Å²) in [7, 11) is 1.77. The van der Waals surface area contributed by atoms with Crippen molar-refractivity contribution in [1.29, 1.82) is 0 Å². The molecule has 1 heterocycles. The van der Waals surface area contributed by atoms with Crippen molar-refractivity contribution < 1.29 is 9.53 Å². The molecular formula is C15H30N2O2. The zero-order valence-electron chi connectivity index (χ0n) is 12.9. The zero-order valence-corrected chi connectivity index (χ0v) is 12.9. The second-order valence-corrected chi connectivity index (χ2v) is 6.09. The summed E-state index contributed by atoms with van der Waals surface area (Å²) in [6.07, 6.45) is 3.56. The van der Waals surface area contributed by atoms with Crippen LogP contribution in [0.5, 0.6) is 0 Å². The molecule has 4 heteroatoms. The standard InChI is InChI=1S/C15H30N2O2/c1-12(2)16-15(18)11-17-8-5-14(6-9-17)13(3)7-10-19-4/h12-14H,5-11H2,1-4H3,(H,16,18)/t13-/m0/s1. The van der Waals surface area contributed by atoms with Crippen LogP contribution in [-0.2, 0) is 9.53 Å². The lowest BCUT2D eigenvalue weighted by atomic mass is 9.84. The third kappa shape index (κ3) is 6.39. The van der Waals surface area contributed by atoms with Crippen molar-refractivity contribution in [2.24, 2.45) is 11.8 Å². The summed E-state index contributed by atoms with van der Waals surface area (Å²) in [5.74, 6) is 1.67. The van der Waals surface area contributed by atoms with E-state index < -0.39 is 0 Å². The largest absolute Gasteiger partial charge is 0.385 e. The maximum absolute atomic E-state index is 11.7. The van der Waals surface area contributed by atoms with Gasteiger partial charge in [-0.15, -0.1) is 0 Å². The van der Waals surface area contributed by atoms with Gasteiger partial charge < -0.3 is 10.1 Å². The predicted molar refractivity (Wildman–Crippen MR) is 78.1 cm³/mol. The lowest BCUT2D eigenvalue weighted by Gasteiger charge is -2.34. The first-order chi connectivity index (χ1) is 9.02. The van der Waals surface area contributed by atoms with Crippen LogP contribution in [0, 0.1) is 11.8 Å². The van der Waals surface area contributed by atoms with Gasteiger partial charge in [0.2, 0.25) is 5.91 Å². The number of likely N-dealkylation sites (tertiary alicyclic amines) is 1. The van der Waals surface area contributed by atoms with Gasteiger partial charge in [0.1, 0.15) is 0 Å². The molecule has 1 atom stereocenters. The van der Waals surface area contributed by atoms with E-state index >= 15 is 0 Å². The molecule has 1 fully saturated rings. The molecule has 112 valence electrons. The number of nitrogens with zero attached hydrogens (tertiary/aromatic N) is 1. The first kappa shape index (κ1) is 16.4. The zero-order chi connectivity index (χ0) is 14.3. The molecule has 1 aliphatic rings. The number of rotatable bonds is 7. The number of amides is 1. The Kier molecular flexibility index (Phi) is 7.39. The van der Waals surface area contributed by atoms with Crippen LogP contribution in [0.2, 0.25) is 0 Å². The highest BCUT2D eigenvalue weighted by Crippen LogP contribution is 2.26. The Morgan fingerprint density at radius 2 is 1.95 bits per heavy atom. The fourth-order valence-corrected chi connectivity index (χ4v) is 2.79. The summed E-state index contributed by atoms with van der Waals surface area (Å²) in [5.41, 5.74) is 0. The molecule has 0 radical (unpaired) electrons. The third-order valence-electron chi connectivity index (χ3n) is 4.03.